The summed E-state index contributed by atoms with van der Waals surface area (Å²) in [5, 5.41) is 17.8. The highest BCUT2D eigenvalue weighted by atomic mass is 35.5. The van der Waals surface area contributed by atoms with Crippen LogP contribution in [-0.4, -0.2) is 11.5 Å². The molecule has 0 radical (unpaired) electrons. The van der Waals surface area contributed by atoms with Gasteiger partial charge in [0.2, 0.25) is 0 Å². The highest BCUT2D eigenvalue weighted by Gasteiger charge is 2.10. The molecule has 5 nitrogen and oxygen atoms in total. The highest BCUT2D eigenvalue weighted by molar-refractivity contribution is 6.33. The largest absolute Gasteiger partial charge is 0.385 e. The van der Waals surface area contributed by atoms with Crippen LogP contribution in [0.15, 0.2) is 36.4 Å². The Morgan fingerprint density at radius 2 is 1.90 bits per heavy atom. The van der Waals surface area contributed by atoms with Crippen molar-refractivity contribution in [2.45, 2.75) is 13.8 Å². The third kappa shape index (κ3) is 3.86. The molecule has 21 heavy (non-hydrogen) atoms. The zero-order valence-corrected chi connectivity index (χ0v) is 12.6. The van der Waals surface area contributed by atoms with E-state index in [0.29, 0.717) is 22.9 Å². The van der Waals surface area contributed by atoms with Crippen molar-refractivity contribution >= 4 is 34.4 Å². The molecule has 0 saturated carbocycles. The minimum Gasteiger partial charge on any atom is -0.385 e. The van der Waals surface area contributed by atoms with Crippen LogP contribution < -0.4 is 10.6 Å². The molecule has 110 valence electrons. The van der Waals surface area contributed by atoms with Gasteiger partial charge < -0.3 is 10.6 Å². The lowest BCUT2D eigenvalue weighted by Gasteiger charge is -2.11. The van der Waals surface area contributed by atoms with Crippen LogP contribution in [0, 0.1) is 17.0 Å². The number of anilines is 3. The third-order valence-corrected chi connectivity index (χ3v) is 3.24. The fraction of sp³-hybridized carbons (Fsp3) is 0.200. The Balaban J connectivity index is 2.38. The summed E-state index contributed by atoms with van der Waals surface area (Å²) in [4.78, 5) is 10.6. The minimum absolute atomic E-state index is 0.0275. The van der Waals surface area contributed by atoms with E-state index in [1.807, 2.05) is 32.0 Å². The van der Waals surface area contributed by atoms with Crippen LogP contribution in [0.3, 0.4) is 0 Å². The number of nitrogens with zero attached hydrogens (tertiary/aromatic N) is 1. The van der Waals surface area contributed by atoms with Crippen molar-refractivity contribution in [3.8, 4) is 0 Å². The first kappa shape index (κ1) is 15.1. The second-order valence-electron chi connectivity index (χ2n) is 4.66. The van der Waals surface area contributed by atoms with Gasteiger partial charge in [-0.3, -0.25) is 10.1 Å². The first-order valence-electron chi connectivity index (χ1n) is 6.56. The number of non-ortho nitro benzene ring substituents is 1. The summed E-state index contributed by atoms with van der Waals surface area (Å²) in [5.41, 5.74) is 3.12. The van der Waals surface area contributed by atoms with Gasteiger partial charge in [0.1, 0.15) is 0 Å². The monoisotopic (exact) mass is 305 g/mol. The van der Waals surface area contributed by atoms with Crippen molar-refractivity contribution < 1.29 is 4.92 Å². The molecule has 0 bridgehead atoms. The first-order chi connectivity index (χ1) is 9.99. The fourth-order valence-corrected chi connectivity index (χ4v) is 2.15. The molecule has 2 rings (SSSR count). The van der Waals surface area contributed by atoms with Crippen LogP contribution in [0.25, 0.3) is 0 Å². The van der Waals surface area contributed by atoms with E-state index in [9.17, 15) is 10.1 Å². The average Bonchev–Trinajstić information content (AvgIpc) is 2.43. The van der Waals surface area contributed by atoms with E-state index in [0.717, 1.165) is 11.3 Å². The highest BCUT2D eigenvalue weighted by Crippen LogP contribution is 2.30. The summed E-state index contributed by atoms with van der Waals surface area (Å²) in [6.45, 7) is 4.58. The Bertz CT molecular complexity index is 674. The van der Waals surface area contributed by atoms with E-state index >= 15 is 0 Å². The van der Waals surface area contributed by atoms with Crippen molar-refractivity contribution in [3.05, 3.63) is 57.1 Å². The van der Waals surface area contributed by atoms with Gasteiger partial charge in [0.05, 0.1) is 15.6 Å². The summed E-state index contributed by atoms with van der Waals surface area (Å²) in [6, 6.07) is 10.4. The number of hydrogen-bond acceptors (Lipinski definition) is 4. The number of nitrogens with one attached hydrogen (secondary N) is 2. The van der Waals surface area contributed by atoms with Crippen molar-refractivity contribution in [3.63, 3.8) is 0 Å². The van der Waals surface area contributed by atoms with E-state index in [1.165, 1.54) is 12.1 Å². The van der Waals surface area contributed by atoms with Crippen molar-refractivity contribution in [1.82, 2.24) is 0 Å². The second-order valence-corrected chi connectivity index (χ2v) is 5.07. The molecule has 2 aromatic carbocycles. The summed E-state index contributed by atoms with van der Waals surface area (Å²) < 4.78 is 0. The van der Waals surface area contributed by atoms with Gasteiger partial charge in [0.25, 0.3) is 5.69 Å². The predicted molar refractivity (Wildman–Crippen MR) is 86.7 cm³/mol. The van der Waals surface area contributed by atoms with E-state index in [4.69, 9.17) is 11.6 Å². The molecule has 0 aliphatic rings. The van der Waals surface area contributed by atoms with E-state index < -0.39 is 4.92 Å². The van der Waals surface area contributed by atoms with Gasteiger partial charge in [-0.05, 0) is 37.6 Å². The molecule has 0 heterocycles. The van der Waals surface area contributed by atoms with Gasteiger partial charge in [-0.1, -0.05) is 17.7 Å². The van der Waals surface area contributed by atoms with Gasteiger partial charge in [-0.2, -0.15) is 0 Å². The van der Waals surface area contributed by atoms with Crippen LogP contribution in [0.5, 0.6) is 0 Å². The molecule has 2 aromatic rings. The summed E-state index contributed by atoms with van der Waals surface area (Å²) >= 11 is 6.14. The molecule has 0 aromatic heterocycles. The lowest BCUT2D eigenvalue weighted by atomic mass is 10.2. The third-order valence-electron chi connectivity index (χ3n) is 2.91. The molecule has 0 atom stereocenters. The molecule has 0 aliphatic carbocycles. The normalized spacial score (nSPS) is 10.2. The summed E-state index contributed by atoms with van der Waals surface area (Å²) in [6.07, 6.45) is 0. The maximum Gasteiger partial charge on any atom is 0.273 e. The Hall–Kier alpha value is -2.27. The van der Waals surface area contributed by atoms with Crippen molar-refractivity contribution in [2.24, 2.45) is 0 Å². The number of nitro groups is 1. The molecule has 0 fully saturated rings. The van der Waals surface area contributed by atoms with Crippen LogP contribution >= 0.6 is 11.6 Å². The maximum absolute atomic E-state index is 11.0. The van der Waals surface area contributed by atoms with Crippen LogP contribution in [0.1, 0.15) is 12.5 Å². The molecular formula is C15H16ClN3O2. The quantitative estimate of drug-likeness (QED) is 0.619. The topological polar surface area (TPSA) is 67.2 Å². The second kappa shape index (κ2) is 6.45. The van der Waals surface area contributed by atoms with Gasteiger partial charge >= 0.3 is 0 Å². The molecule has 2 N–H and O–H groups in total. The van der Waals surface area contributed by atoms with Crippen molar-refractivity contribution in [1.29, 1.82) is 0 Å². The molecule has 6 heteroatoms. The standard InChI is InChI=1S/C15H16ClN3O2/c1-3-17-11-7-12(9-13(8-11)19(20)21)18-15-6-10(2)4-5-14(15)16/h4-9,17-18H,3H2,1-2H3. The molecule has 0 amide bonds. The van der Waals surface area contributed by atoms with Crippen LogP contribution in [0.4, 0.5) is 22.7 Å². The Morgan fingerprint density at radius 1 is 1.19 bits per heavy atom. The molecular weight excluding hydrogens is 290 g/mol. The van der Waals surface area contributed by atoms with E-state index in [-0.39, 0.29) is 5.69 Å². The lowest BCUT2D eigenvalue weighted by Crippen LogP contribution is -2.00. The number of rotatable bonds is 5. The van der Waals surface area contributed by atoms with Crippen LogP contribution in [0.2, 0.25) is 5.02 Å². The number of hydrogen-bond donors (Lipinski definition) is 2. The van der Waals surface area contributed by atoms with Gasteiger partial charge in [-0.15, -0.1) is 0 Å². The number of nitro benzene ring substituents is 1. The average molecular weight is 306 g/mol. The minimum atomic E-state index is -0.413. The van der Waals surface area contributed by atoms with Crippen molar-refractivity contribution in [2.75, 3.05) is 17.2 Å². The lowest BCUT2D eigenvalue weighted by molar-refractivity contribution is -0.384. The molecule has 0 unspecified atom stereocenters. The molecule has 0 spiro atoms. The smallest absolute Gasteiger partial charge is 0.273 e. The molecule has 0 saturated heterocycles. The zero-order chi connectivity index (χ0) is 15.4. The van der Waals surface area contributed by atoms with Crippen LogP contribution in [-0.2, 0) is 0 Å². The first-order valence-corrected chi connectivity index (χ1v) is 6.94. The van der Waals surface area contributed by atoms with E-state index in [2.05, 4.69) is 10.6 Å². The SMILES string of the molecule is CCNc1cc(Nc2cc(C)ccc2Cl)cc([N+](=O)[O-])c1. The summed E-state index contributed by atoms with van der Waals surface area (Å²) in [5.74, 6) is 0. The number of aryl methyl sites for hydroxylation is 1. The number of halogens is 1. The zero-order valence-electron chi connectivity index (χ0n) is 11.8. The van der Waals surface area contributed by atoms with Gasteiger partial charge in [0, 0.05) is 30.1 Å². The van der Waals surface area contributed by atoms with Gasteiger partial charge in [0.15, 0.2) is 0 Å². The Kier molecular flexibility index (Phi) is 4.65. The maximum atomic E-state index is 11.0. The number of benzene rings is 2. The Morgan fingerprint density at radius 3 is 2.57 bits per heavy atom. The van der Waals surface area contributed by atoms with E-state index in [1.54, 1.807) is 6.07 Å². The Labute approximate surface area is 128 Å². The predicted octanol–water partition coefficient (Wildman–Crippen LogP) is 4.73. The van der Waals surface area contributed by atoms with Gasteiger partial charge in [-0.25, -0.2) is 0 Å². The fourth-order valence-electron chi connectivity index (χ4n) is 1.99. The molecule has 0 aliphatic heterocycles. The summed E-state index contributed by atoms with van der Waals surface area (Å²) in [7, 11) is 0.